The third kappa shape index (κ3) is 3.48. The lowest BCUT2D eigenvalue weighted by atomic mass is 9.86. The van der Waals surface area contributed by atoms with Gasteiger partial charge in [0.15, 0.2) is 0 Å². The summed E-state index contributed by atoms with van der Waals surface area (Å²) >= 11 is 0. The maximum absolute atomic E-state index is 12.3. The molecule has 0 aromatic rings. The molecule has 1 rings (SSSR count). The summed E-state index contributed by atoms with van der Waals surface area (Å²) in [5.74, 6) is 0.142. The number of hydrogen-bond donors (Lipinski definition) is 1. The van der Waals surface area contributed by atoms with Gasteiger partial charge < -0.3 is 10.6 Å². The minimum absolute atomic E-state index is 0.142. The van der Waals surface area contributed by atoms with Gasteiger partial charge in [-0.3, -0.25) is 4.79 Å². The van der Waals surface area contributed by atoms with Crippen LogP contribution in [0.2, 0.25) is 0 Å². The summed E-state index contributed by atoms with van der Waals surface area (Å²) in [5, 5.41) is 0. The standard InChI is InChI=1S/C13H26N2O/c1-5-6-9-15(10-7-8-10)12(16)11(14)13(2,3)4/h10-11H,5-9,14H2,1-4H3/t11-/m1/s1. The number of carbonyl (C=O) groups is 1. The van der Waals surface area contributed by atoms with Crippen molar-refractivity contribution >= 4 is 5.91 Å². The van der Waals surface area contributed by atoms with Crippen LogP contribution in [0.3, 0.4) is 0 Å². The topological polar surface area (TPSA) is 46.3 Å². The fraction of sp³-hybridized carbons (Fsp3) is 0.923. The fourth-order valence-electron chi connectivity index (χ4n) is 1.74. The number of nitrogens with zero attached hydrogens (tertiary/aromatic N) is 1. The average Bonchev–Trinajstić information content (AvgIpc) is 2.99. The number of unbranched alkanes of at least 4 members (excludes halogenated alkanes) is 1. The van der Waals surface area contributed by atoms with Crippen LogP contribution < -0.4 is 5.73 Å². The highest BCUT2D eigenvalue weighted by atomic mass is 16.2. The van der Waals surface area contributed by atoms with Crippen LogP contribution in [0.5, 0.6) is 0 Å². The molecular formula is C13H26N2O. The van der Waals surface area contributed by atoms with Gasteiger partial charge in [0.05, 0.1) is 6.04 Å². The third-order valence-corrected chi connectivity index (χ3v) is 3.22. The van der Waals surface area contributed by atoms with Gasteiger partial charge in [0, 0.05) is 12.6 Å². The molecule has 1 amide bonds. The van der Waals surface area contributed by atoms with Gasteiger partial charge in [-0.05, 0) is 24.7 Å². The molecule has 0 unspecified atom stereocenters. The maximum atomic E-state index is 12.3. The van der Waals surface area contributed by atoms with Crippen LogP contribution in [0.15, 0.2) is 0 Å². The molecule has 0 bridgehead atoms. The Kier molecular flexibility index (Phi) is 4.36. The number of nitrogens with two attached hydrogens (primary N) is 1. The van der Waals surface area contributed by atoms with E-state index in [1.807, 2.05) is 25.7 Å². The molecule has 94 valence electrons. The molecule has 1 aliphatic carbocycles. The summed E-state index contributed by atoms with van der Waals surface area (Å²) in [6.07, 6.45) is 4.53. The molecule has 0 saturated heterocycles. The summed E-state index contributed by atoms with van der Waals surface area (Å²) in [4.78, 5) is 14.3. The van der Waals surface area contributed by atoms with Crippen LogP contribution >= 0.6 is 0 Å². The smallest absolute Gasteiger partial charge is 0.240 e. The highest BCUT2D eigenvalue weighted by molar-refractivity contribution is 5.83. The summed E-state index contributed by atoms with van der Waals surface area (Å²) < 4.78 is 0. The predicted molar refractivity (Wildman–Crippen MR) is 67.1 cm³/mol. The van der Waals surface area contributed by atoms with E-state index < -0.39 is 0 Å². The van der Waals surface area contributed by atoms with Crippen LogP contribution in [0.4, 0.5) is 0 Å². The van der Waals surface area contributed by atoms with Crippen molar-refractivity contribution in [1.82, 2.24) is 4.90 Å². The second kappa shape index (κ2) is 5.17. The Morgan fingerprint density at radius 1 is 1.44 bits per heavy atom. The Morgan fingerprint density at radius 3 is 2.38 bits per heavy atom. The largest absolute Gasteiger partial charge is 0.338 e. The molecule has 16 heavy (non-hydrogen) atoms. The molecule has 1 atom stereocenters. The fourth-order valence-corrected chi connectivity index (χ4v) is 1.74. The Balaban J connectivity index is 2.59. The molecule has 1 fully saturated rings. The molecule has 1 saturated carbocycles. The van der Waals surface area contributed by atoms with Crippen LogP contribution in [0.1, 0.15) is 53.4 Å². The Bertz CT molecular complexity index is 241. The number of rotatable bonds is 5. The van der Waals surface area contributed by atoms with E-state index in [2.05, 4.69) is 6.92 Å². The van der Waals surface area contributed by atoms with Gasteiger partial charge in [0.25, 0.3) is 0 Å². The highest BCUT2D eigenvalue weighted by Crippen LogP contribution is 2.29. The van der Waals surface area contributed by atoms with Crippen molar-refractivity contribution in [3.63, 3.8) is 0 Å². The highest BCUT2D eigenvalue weighted by Gasteiger charge is 2.37. The monoisotopic (exact) mass is 226 g/mol. The summed E-state index contributed by atoms with van der Waals surface area (Å²) in [5.41, 5.74) is 5.90. The van der Waals surface area contributed by atoms with E-state index in [1.54, 1.807) is 0 Å². The van der Waals surface area contributed by atoms with E-state index in [1.165, 1.54) is 0 Å². The molecule has 0 aliphatic heterocycles. The normalized spacial score (nSPS) is 18.3. The number of amides is 1. The first-order chi connectivity index (χ1) is 7.38. The van der Waals surface area contributed by atoms with Gasteiger partial charge in [-0.15, -0.1) is 0 Å². The third-order valence-electron chi connectivity index (χ3n) is 3.22. The molecule has 3 nitrogen and oxygen atoms in total. The maximum Gasteiger partial charge on any atom is 0.240 e. The van der Waals surface area contributed by atoms with Gasteiger partial charge in [0.2, 0.25) is 5.91 Å². The van der Waals surface area contributed by atoms with Crippen molar-refractivity contribution in [2.24, 2.45) is 11.1 Å². The second-order valence-corrected chi connectivity index (χ2v) is 5.96. The first-order valence-corrected chi connectivity index (χ1v) is 6.44. The number of hydrogen-bond acceptors (Lipinski definition) is 2. The van der Waals surface area contributed by atoms with Gasteiger partial charge in [-0.1, -0.05) is 34.1 Å². The first-order valence-electron chi connectivity index (χ1n) is 6.44. The lowest BCUT2D eigenvalue weighted by Crippen LogP contribution is -2.51. The molecule has 0 aromatic carbocycles. The zero-order chi connectivity index (χ0) is 12.3. The van der Waals surface area contributed by atoms with Gasteiger partial charge in [-0.2, -0.15) is 0 Å². The van der Waals surface area contributed by atoms with Crippen molar-refractivity contribution in [3.8, 4) is 0 Å². The molecule has 2 N–H and O–H groups in total. The lowest BCUT2D eigenvalue weighted by Gasteiger charge is -2.32. The molecule has 3 heteroatoms. The van der Waals surface area contributed by atoms with Crippen LogP contribution in [-0.2, 0) is 4.79 Å². The molecule has 1 aliphatic rings. The molecule has 0 heterocycles. The van der Waals surface area contributed by atoms with E-state index in [-0.39, 0.29) is 17.4 Å². The Labute approximate surface area is 99.4 Å². The zero-order valence-electron chi connectivity index (χ0n) is 11.1. The minimum atomic E-state index is -0.370. The molecule has 0 spiro atoms. The predicted octanol–water partition coefficient (Wildman–Crippen LogP) is 2.15. The first kappa shape index (κ1) is 13.5. The molecule has 0 aromatic heterocycles. The SMILES string of the molecule is CCCCN(C(=O)[C@@H](N)C(C)(C)C)C1CC1. The van der Waals surface area contributed by atoms with Crippen LogP contribution in [0, 0.1) is 5.41 Å². The minimum Gasteiger partial charge on any atom is -0.338 e. The van der Waals surface area contributed by atoms with Gasteiger partial charge in [0.1, 0.15) is 0 Å². The van der Waals surface area contributed by atoms with Crippen LogP contribution in [-0.4, -0.2) is 29.4 Å². The quantitative estimate of drug-likeness (QED) is 0.780. The van der Waals surface area contributed by atoms with Crippen LogP contribution in [0.25, 0.3) is 0 Å². The van der Waals surface area contributed by atoms with E-state index >= 15 is 0 Å². The van der Waals surface area contributed by atoms with Gasteiger partial charge in [-0.25, -0.2) is 0 Å². The summed E-state index contributed by atoms with van der Waals surface area (Å²) in [6, 6.07) is 0.109. The average molecular weight is 226 g/mol. The summed E-state index contributed by atoms with van der Waals surface area (Å²) in [6.45, 7) is 9.12. The van der Waals surface area contributed by atoms with E-state index in [9.17, 15) is 4.79 Å². The molecular weight excluding hydrogens is 200 g/mol. The van der Waals surface area contributed by atoms with Crippen molar-refractivity contribution in [2.75, 3.05) is 6.54 Å². The van der Waals surface area contributed by atoms with E-state index in [0.29, 0.717) is 6.04 Å². The Morgan fingerprint density at radius 2 is 2.00 bits per heavy atom. The molecule has 0 radical (unpaired) electrons. The van der Waals surface area contributed by atoms with Crippen molar-refractivity contribution in [1.29, 1.82) is 0 Å². The van der Waals surface area contributed by atoms with E-state index in [0.717, 1.165) is 32.2 Å². The Hall–Kier alpha value is -0.570. The summed E-state index contributed by atoms with van der Waals surface area (Å²) in [7, 11) is 0. The number of carbonyl (C=O) groups excluding carboxylic acids is 1. The lowest BCUT2D eigenvalue weighted by molar-refractivity contribution is -0.135. The van der Waals surface area contributed by atoms with Gasteiger partial charge >= 0.3 is 0 Å². The van der Waals surface area contributed by atoms with E-state index in [4.69, 9.17) is 5.73 Å². The second-order valence-electron chi connectivity index (χ2n) is 5.96. The zero-order valence-corrected chi connectivity index (χ0v) is 11.1. The van der Waals surface area contributed by atoms with Crippen molar-refractivity contribution in [3.05, 3.63) is 0 Å². The van der Waals surface area contributed by atoms with Crippen molar-refractivity contribution in [2.45, 2.75) is 65.5 Å². The van der Waals surface area contributed by atoms with Crippen molar-refractivity contribution < 1.29 is 4.79 Å².